The van der Waals surface area contributed by atoms with Crippen LogP contribution in [0, 0.1) is 13.8 Å². The Bertz CT molecular complexity index is 650. The molecule has 2 aromatic rings. The van der Waals surface area contributed by atoms with Crippen LogP contribution in [0.15, 0.2) is 12.4 Å². The van der Waals surface area contributed by atoms with Gasteiger partial charge in [-0.15, -0.1) is 0 Å². The van der Waals surface area contributed by atoms with Crippen molar-refractivity contribution in [2.45, 2.75) is 33.7 Å². The number of aromatic nitrogens is 4. The van der Waals surface area contributed by atoms with Gasteiger partial charge in [0.15, 0.2) is 0 Å². The van der Waals surface area contributed by atoms with Crippen LogP contribution >= 0.6 is 11.6 Å². The van der Waals surface area contributed by atoms with Gasteiger partial charge in [0, 0.05) is 6.04 Å². The van der Waals surface area contributed by atoms with E-state index in [4.69, 9.17) is 11.6 Å². The zero-order valence-corrected chi connectivity index (χ0v) is 12.6. The number of nitrogens with one attached hydrogen (secondary N) is 1. The predicted octanol–water partition coefficient (Wildman–Crippen LogP) is 2.78. The second-order valence-corrected chi connectivity index (χ2v) is 5.15. The molecule has 0 aliphatic rings. The number of aryl methyl sites for hydroxylation is 1. The largest absolute Gasteiger partial charge is 0.317 e. The van der Waals surface area contributed by atoms with Gasteiger partial charge in [-0.2, -0.15) is 5.10 Å². The van der Waals surface area contributed by atoms with Gasteiger partial charge in [-0.05, 0) is 27.7 Å². The van der Waals surface area contributed by atoms with Crippen molar-refractivity contribution in [1.82, 2.24) is 19.7 Å². The molecule has 6 nitrogen and oxygen atoms in total. The van der Waals surface area contributed by atoms with Crippen LogP contribution in [0.5, 0.6) is 0 Å². The van der Waals surface area contributed by atoms with E-state index in [0.717, 1.165) is 11.4 Å². The first kappa shape index (κ1) is 14.5. The monoisotopic (exact) mass is 293 g/mol. The maximum absolute atomic E-state index is 12.1. The highest BCUT2D eigenvalue weighted by atomic mass is 35.5. The molecule has 7 heteroatoms. The summed E-state index contributed by atoms with van der Waals surface area (Å²) in [5.41, 5.74) is 2.54. The van der Waals surface area contributed by atoms with Gasteiger partial charge < -0.3 is 5.32 Å². The quantitative estimate of drug-likeness (QED) is 0.944. The summed E-state index contributed by atoms with van der Waals surface area (Å²) < 4.78 is 1.87. The SMILES string of the molecule is Cc1nn(C(C)C)c(C)c1NC(=O)c1cncc(Cl)n1. The maximum atomic E-state index is 12.1. The van der Waals surface area contributed by atoms with Crippen molar-refractivity contribution in [3.8, 4) is 0 Å². The first-order valence-electron chi connectivity index (χ1n) is 6.24. The third-order valence-electron chi connectivity index (χ3n) is 2.89. The van der Waals surface area contributed by atoms with E-state index in [9.17, 15) is 4.79 Å². The molecule has 0 aliphatic carbocycles. The van der Waals surface area contributed by atoms with Crippen molar-refractivity contribution >= 4 is 23.2 Å². The van der Waals surface area contributed by atoms with Crippen molar-refractivity contribution in [3.63, 3.8) is 0 Å². The van der Waals surface area contributed by atoms with Gasteiger partial charge in [0.25, 0.3) is 5.91 Å². The van der Waals surface area contributed by atoms with Crippen LogP contribution in [0.4, 0.5) is 5.69 Å². The van der Waals surface area contributed by atoms with Gasteiger partial charge in [0.2, 0.25) is 0 Å². The van der Waals surface area contributed by atoms with Crippen molar-refractivity contribution in [2.75, 3.05) is 5.32 Å². The number of hydrogen-bond donors (Lipinski definition) is 1. The Morgan fingerprint density at radius 3 is 2.60 bits per heavy atom. The van der Waals surface area contributed by atoms with E-state index >= 15 is 0 Å². The Morgan fingerprint density at radius 1 is 1.35 bits per heavy atom. The molecule has 2 heterocycles. The average molecular weight is 294 g/mol. The van der Waals surface area contributed by atoms with Gasteiger partial charge in [0.05, 0.1) is 29.5 Å². The molecule has 0 aromatic carbocycles. The first-order chi connectivity index (χ1) is 9.40. The number of hydrogen-bond acceptors (Lipinski definition) is 4. The molecule has 20 heavy (non-hydrogen) atoms. The summed E-state index contributed by atoms with van der Waals surface area (Å²) in [4.78, 5) is 19.9. The molecule has 0 aliphatic heterocycles. The van der Waals surface area contributed by atoms with Gasteiger partial charge >= 0.3 is 0 Å². The van der Waals surface area contributed by atoms with E-state index in [1.54, 1.807) is 0 Å². The van der Waals surface area contributed by atoms with E-state index in [1.807, 2.05) is 32.4 Å². The molecule has 0 spiro atoms. The Balaban J connectivity index is 2.29. The normalized spacial score (nSPS) is 10.9. The van der Waals surface area contributed by atoms with Crippen LogP contribution in [-0.2, 0) is 0 Å². The molecular formula is C13H16ClN5O. The van der Waals surface area contributed by atoms with E-state index in [2.05, 4.69) is 20.4 Å². The smallest absolute Gasteiger partial charge is 0.276 e. The van der Waals surface area contributed by atoms with Crippen molar-refractivity contribution < 1.29 is 4.79 Å². The number of amides is 1. The molecule has 0 fully saturated rings. The summed E-state index contributed by atoms with van der Waals surface area (Å²) in [6, 6.07) is 0.227. The fourth-order valence-corrected chi connectivity index (χ4v) is 2.12. The fraction of sp³-hybridized carbons (Fsp3) is 0.385. The van der Waals surface area contributed by atoms with Crippen LogP contribution < -0.4 is 5.32 Å². The van der Waals surface area contributed by atoms with Crippen LogP contribution in [0.2, 0.25) is 5.15 Å². The Hall–Kier alpha value is -1.95. The molecule has 0 unspecified atom stereocenters. The molecule has 0 radical (unpaired) electrons. The molecule has 1 amide bonds. The van der Waals surface area contributed by atoms with Gasteiger partial charge in [-0.25, -0.2) is 4.98 Å². The minimum absolute atomic E-state index is 0.175. The van der Waals surface area contributed by atoms with E-state index in [1.165, 1.54) is 12.4 Å². The zero-order chi connectivity index (χ0) is 14.9. The summed E-state index contributed by atoms with van der Waals surface area (Å²) in [5.74, 6) is -0.352. The number of rotatable bonds is 3. The summed E-state index contributed by atoms with van der Waals surface area (Å²) in [6.07, 6.45) is 2.75. The average Bonchev–Trinajstić information content (AvgIpc) is 2.67. The lowest BCUT2D eigenvalue weighted by atomic mass is 10.3. The lowest BCUT2D eigenvalue weighted by molar-refractivity contribution is 0.102. The third kappa shape index (κ3) is 2.80. The minimum Gasteiger partial charge on any atom is -0.317 e. The molecule has 2 aromatic heterocycles. The molecule has 0 bridgehead atoms. The summed E-state index contributed by atoms with van der Waals surface area (Å²) in [7, 11) is 0. The van der Waals surface area contributed by atoms with E-state index in [-0.39, 0.29) is 22.8 Å². The summed E-state index contributed by atoms with van der Waals surface area (Å²) in [5, 5.41) is 7.41. The van der Waals surface area contributed by atoms with Gasteiger partial charge in [0.1, 0.15) is 10.8 Å². The Morgan fingerprint density at radius 2 is 2.05 bits per heavy atom. The molecule has 0 saturated carbocycles. The molecule has 0 saturated heterocycles. The number of nitrogens with zero attached hydrogens (tertiary/aromatic N) is 4. The summed E-state index contributed by atoms with van der Waals surface area (Å²) >= 11 is 5.73. The molecular weight excluding hydrogens is 278 g/mol. The van der Waals surface area contributed by atoms with Crippen molar-refractivity contribution in [2.24, 2.45) is 0 Å². The van der Waals surface area contributed by atoms with Crippen LogP contribution in [0.1, 0.15) is 41.8 Å². The lowest BCUT2D eigenvalue weighted by Gasteiger charge is -2.09. The van der Waals surface area contributed by atoms with Gasteiger partial charge in [-0.3, -0.25) is 14.5 Å². The fourth-order valence-electron chi connectivity index (χ4n) is 1.98. The third-order valence-corrected chi connectivity index (χ3v) is 3.07. The maximum Gasteiger partial charge on any atom is 0.276 e. The predicted molar refractivity (Wildman–Crippen MR) is 77.1 cm³/mol. The Kier molecular flexibility index (Phi) is 4.04. The lowest BCUT2D eigenvalue weighted by Crippen LogP contribution is -2.15. The van der Waals surface area contributed by atoms with E-state index in [0.29, 0.717) is 5.69 Å². The first-order valence-corrected chi connectivity index (χ1v) is 6.62. The zero-order valence-electron chi connectivity index (χ0n) is 11.8. The summed E-state index contributed by atoms with van der Waals surface area (Å²) in [6.45, 7) is 7.84. The van der Waals surface area contributed by atoms with Crippen LogP contribution in [0.25, 0.3) is 0 Å². The highest BCUT2D eigenvalue weighted by Gasteiger charge is 2.17. The highest BCUT2D eigenvalue weighted by molar-refractivity contribution is 6.29. The topological polar surface area (TPSA) is 72.7 Å². The Labute approximate surface area is 122 Å². The molecule has 2 rings (SSSR count). The van der Waals surface area contributed by atoms with E-state index < -0.39 is 0 Å². The number of halogens is 1. The van der Waals surface area contributed by atoms with Crippen LogP contribution in [-0.4, -0.2) is 25.7 Å². The van der Waals surface area contributed by atoms with Crippen molar-refractivity contribution in [1.29, 1.82) is 0 Å². The molecule has 0 atom stereocenters. The van der Waals surface area contributed by atoms with Gasteiger partial charge in [-0.1, -0.05) is 11.6 Å². The molecule has 1 N–H and O–H groups in total. The standard InChI is InChI=1S/C13H16ClN5O/c1-7(2)19-9(4)12(8(3)18-19)17-13(20)10-5-15-6-11(14)16-10/h5-7H,1-4H3,(H,17,20). The second-order valence-electron chi connectivity index (χ2n) is 4.77. The highest BCUT2D eigenvalue weighted by Crippen LogP contribution is 2.22. The van der Waals surface area contributed by atoms with Crippen molar-refractivity contribution in [3.05, 3.63) is 34.6 Å². The number of carbonyl (C=O) groups is 1. The molecule has 106 valence electrons. The number of anilines is 1. The minimum atomic E-state index is -0.352. The second kappa shape index (κ2) is 5.58. The number of carbonyl (C=O) groups excluding carboxylic acids is 1. The van der Waals surface area contributed by atoms with Crippen LogP contribution in [0.3, 0.4) is 0 Å².